The standard InChI is InChI=1S/C21H18N2O3S/c1-15-19(8-5-9-20(15)23(25)26)21(24)22-17-12-10-16(11-13-17)14-27-18-6-3-2-4-7-18/h2-13H,14H2,1H3,(H,22,24). The first-order valence-corrected chi connectivity index (χ1v) is 9.35. The van der Waals surface area contributed by atoms with Gasteiger partial charge in [0.1, 0.15) is 0 Å². The molecule has 136 valence electrons. The summed E-state index contributed by atoms with van der Waals surface area (Å²) in [5.74, 6) is 0.477. The summed E-state index contributed by atoms with van der Waals surface area (Å²) in [6.45, 7) is 1.58. The number of amides is 1. The van der Waals surface area contributed by atoms with Gasteiger partial charge in [0.15, 0.2) is 0 Å². The molecule has 0 spiro atoms. The van der Waals surface area contributed by atoms with Gasteiger partial charge in [-0.2, -0.15) is 0 Å². The fourth-order valence-corrected chi connectivity index (χ4v) is 3.51. The zero-order valence-corrected chi connectivity index (χ0v) is 15.5. The molecule has 3 rings (SSSR count). The Bertz CT molecular complexity index is 957. The summed E-state index contributed by atoms with van der Waals surface area (Å²) in [5, 5.41) is 13.8. The maximum atomic E-state index is 12.5. The molecule has 27 heavy (non-hydrogen) atoms. The van der Waals surface area contributed by atoms with Gasteiger partial charge in [-0.15, -0.1) is 11.8 Å². The Kier molecular flexibility index (Phi) is 5.88. The Morgan fingerprint density at radius 2 is 1.70 bits per heavy atom. The first kappa shape index (κ1) is 18.7. The van der Waals surface area contributed by atoms with Crippen molar-refractivity contribution in [3.63, 3.8) is 0 Å². The van der Waals surface area contributed by atoms with E-state index in [2.05, 4.69) is 17.4 Å². The molecule has 1 N–H and O–H groups in total. The average Bonchev–Trinajstić information content (AvgIpc) is 2.68. The highest BCUT2D eigenvalue weighted by Crippen LogP contribution is 2.24. The molecule has 0 aliphatic rings. The van der Waals surface area contributed by atoms with Crippen molar-refractivity contribution in [1.82, 2.24) is 0 Å². The number of hydrogen-bond donors (Lipinski definition) is 1. The average molecular weight is 378 g/mol. The molecule has 6 heteroatoms. The number of nitrogens with zero attached hydrogens (tertiary/aromatic N) is 1. The van der Waals surface area contributed by atoms with Gasteiger partial charge in [0, 0.05) is 33.5 Å². The van der Waals surface area contributed by atoms with Crippen LogP contribution in [-0.4, -0.2) is 10.8 Å². The van der Waals surface area contributed by atoms with Gasteiger partial charge in [0.05, 0.1) is 4.92 Å². The Labute approximate surface area is 161 Å². The fourth-order valence-electron chi connectivity index (χ4n) is 2.63. The van der Waals surface area contributed by atoms with Crippen LogP contribution in [0.4, 0.5) is 11.4 Å². The van der Waals surface area contributed by atoms with Gasteiger partial charge in [-0.1, -0.05) is 36.4 Å². The normalized spacial score (nSPS) is 10.4. The van der Waals surface area contributed by atoms with Crippen LogP contribution in [0.3, 0.4) is 0 Å². The van der Waals surface area contributed by atoms with E-state index in [0.717, 1.165) is 11.3 Å². The van der Waals surface area contributed by atoms with Crippen LogP contribution in [0.1, 0.15) is 21.5 Å². The van der Waals surface area contributed by atoms with Crippen LogP contribution in [0.5, 0.6) is 0 Å². The second kappa shape index (κ2) is 8.51. The summed E-state index contributed by atoms with van der Waals surface area (Å²) in [6, 6.07) is 22.3. The summed E-state index contributed by atoms with van der Waals surface area (Å²) < 4.78 is 0. The number of benzene rings is 3. The van der Waals surface area contributed by atoms with E-state index >= 15 is 0 Å². The third kappa shape index (κ3) is 4.74. The van der Waals surface area contributed by atoms with Crippen molar-refractivity contribution in [2.24, 2.45) is 0 Å². The summed E-state index contributed by atoms with van der Waals surface area (Å²) in [7, 11) is 0. The number of nitro groups is 1. The smallest absolute Gasteiger partial charge is 0.273 e. The van der Waals surface area contributed by atoms with Crippen molar-refractivity contribution < 1.29 is 9.72 Å². The molecular formula is C21H18N2O3S. The quantitative estimate of drug-likeness (QED) is 0.352. The number of nitro benzene ring substituents is 1. The molecule has 0 bridgehead atoms. The fraction of sp³-hybridized carbons (Fsp3) is 0.0952. The van der Waals surface area contributed by atoms with Crippen molar-refractivity contribution >= 4 is 29.0 Å². The number of hydrogen-bond acceptors (Lipinski definition) is 4. The number of thioether (sulfide) groups is 1. The first-order valence-electron chi connectivity index (χ1n) is 8.37. The second-order valence-electron chi connectivity index (χ2n) is 5.96. The molecule has 0 radical (unpaired) electrons. The summed E-state index contributed by atoms with van der Waals surface area (Å²) in [4.78, 5) is 24.2. The molecule has 0 atom stereocenters. The van der Waals surface area contributed by atoms with Gasteiger partial charge in [0.2, 0.25) is 0 Å². The molecule has 0 heterocycles. The van der Waals surface area contributed by atoms with Crippen LogP contribution in [0.25, 0.3) is 0 Å². The van der Waals surface area contributed by atoms with E-state index in [9.17, 15) is 14.9 Å². The zero-order valence-electron chi connectivity index (χ0n) is 14.7. The molecular weight excluding hydrogens is 360 g/mol. The maximum Gasteiger partial charge on any atom is 0.273 e. The van der Waals surface area contributed by atoms with Crippen LogP contribution in [0, 0.1) is 17.0 Å². The van der Waals surface area contributed by atoms with Gasteiger partial charge in [-0.25, -0.2) is 0 Å². The van der Waals surface area contributed by atoms with Gasteiger partial charge in [0.25, 0.3) is 11.6 Å². The number of rotatable bonds is 6. The molecule has 0 saturated heterocycles. The Balaban J connectivity index is 1.65. The van der Waals surface area contributed by atoms with E-state index in [4.69, 9.17) is 0 Å². The Morgan fingerprint density at radius 3 is 2.37 bits per heavy atom. The molecule has 5 nitrogen and oxygen atoms in total. The minimum atomic E-state index is -0.481. The Hall–Kier alpha value is -3.12. The van der Waals surface area contributed by atoms with Crippen LogP contribution in [0.15, 0.2) is 77.7 Å². The SMILES string of the molecule is Cc1c(C(=O)Nc2ccc(CSc3ccccc3)cc2)cccc1[N+](=O)[O-]. The second-order valence-corrected chi connectivity index (χ2v) is 7.01. The topological polar surface area (TPSA) is 72.2 Å². The lowest BCUT2D eigenvalue weighted by molar-refractivity contribution is -0.385. The van der Waals surface area contributed by atoms with Crippen molar-refractivity contribution in [2.45, 2.75) is 17.6 Å². The van der Waals surface area contributed by atoms with Crippen molar-refractivity contribution in [1.29, 1.82) is 0 Å². The highest BCUT2D eigenvalue weighted by molar-refractivity contribution is 7.98. The number of carbonyl (C=O) groups is 1. The third-order valence-electron chi connectivity index (χ3n) is 4.11. The van der Waals surface area contributed by atoms with Gasteiger partial charge >= 0.3 is 0 Å². The monoisotopic (exact) mass is 378 g/mol. The molecule has 0 saturated carbocycles. The zero-order chi connectivity index (χ0) is 19.2. The molecule has 3 aromatic rings. The Morgan fingerprint density at radius 1 is 1.00 bits per heavy atom. The number of carbonyl (C=O) groups excluding carboxylic acids is 1. The van der Waals surface area contributed by atoms with E-state index in [0.29, 0.717) is 16.8 Å². The minimum Gasteiger partial charge on any atom is -0.322 e. The highest BCUT2D eigenvalue weighted by Gasteiger charge is 2.17. The largest absolute Gasteiger partial charge is 0.322 e. The molecule has 0 aromatic heterocycles. The lowest BCUT2D eigenvalue weighted by atomic mass is 10.1. The first-order chi connectivity index (χ1) is 13.0. The predicted molar refractivity (Wildman–Crippen MR) is 108 cm³/mol. The molecule has 1 amide bonds. The van der Waals surface area contributed by atoms with Crippen molar-refractivity contribution in [2.75, 3.05) is 5.32 Å². The molecule has 0 fully saturated rings. The van der Waals surface area contributed by atoms with E-state index in [-0.39, 0.29) is 11.6 Å². The van der Waals surface area contributed by atoms with E-state index in [1.54, 1.807) is 24.8 Å². The lowest BCUT2D eigenvalue weighted by Crippen LogP contribution is -2.14. The van der Waals surface area contributed by atoms with Gasteiger partial charge in [-0.3, -0.25) is 14.9 Å². The van der Waals surface area contributed by atoms with Crippen molar-refractivity contribution in [3.05, 3.63) is 99.6 Å². The molecule has 0 aliphatic heterocycles. The van der Waals surface area contributed by atoms with Crippen LogP contribution in [0.2, 0.25) is 0 Å². The van der Waals surface area contributed by atoms with Gasteiger partial charge < -0.3 is 5.32 Å². The van der Waals surface area contributed by atoms with Crippen molar-refractivity contribution in [3.8, 4) is 0 Å². The van der Waals surface area contributed by atoms with Gasteiger partial charge in [-0.05, 0) is 42.8 Å². The predicted octanol–water partition coefficient (Wildman–Crippen LogP) is 5.45. The summed E-state index contributed by atoms with van der Waals surface area (Å²) in [6.07, 6.45) is 0. The van der Waals surface area contributed by atoms with E-state index in [1.807, 2.05) is 42.5 Å². The minimum absolute atomic E-state index is 0.0593. The molecule has 3 aromatic carbocycles. The highest BCUT2D eigenvalue weighted by atomic mass is 32.2. The molecule has 0 aliphatic carbocycles. The van der Waals surface area contributed by atoms with Crippen LogP contribution < -0.4 is 5.32 Å². The summed E-state index contributed by atoms with van der Waals surface area (Å²) >= 11 is 1.75. The maximum absolute atomic E-state index is 12.5. The van der Waals surface area contributed by atoms with Crippen LogP contribution in [-0.2, 0) is 5.75 Å². The lowest BCUT2D eigenvalue weighted by Gasteiger charge is -2.09. The number of nitrogens with one attached hydrogen (secondary N) is 1. The third-order valence-corrected chi connectivity index (χ3v) is 5.19. The summed E-state index contributed by atoms with van der Waals surface area (Å²) in [5.41, 5.74) is 2.40. The van der Waals surface area contributed by atoms with E-state index < -0.39 is 4.92 Å². The number of anilines is 1. The van der Waals surface area contributed by atoms with E-state index in [1.165, 1.54) is 17.0 Å². The molecule has 0 unspecified atom stereocenters. The van der Waals surface area contributed by atoms with Crippen LogP contribution >= 0.6 is 11.8 Å².